The maximum absolute atomic E-state index is 12.6. The van der Waals surface area contributed by atoms with E-state index in [1.165, 1.54) is 6.42 Å². The molecular weight excluding hydrogens is 336 g/mol. The van der Waals surface area contributed by atoms with Crippen LogP contribution in [0, 0.1) is 5.41 Å². The third kappa shape index (κ3) is 3.38. The fourth-order valence-electron chi connectivity index (χ4n) is 2.67. The van der Waals surface area contributed by atoms with Crippen LogP contribution in [0.25, 0.3) is 0 Å². The number of carbonyl (C=O) groups is 1. The number of carbonyl (C=O) groups excluding carboxylic acids is 1. The highest BCUT2D eigenvalue weighted by atomic mass is 79.9. The van der Waals surface area contributed by atoms with Crippen molar-refractivity contribution in [3.8, 4) is 0 Å². The van der Waals surface area contributed by atoms with E-state index < -0.39 is 0 Å². The second-order valence-electron chi connectivity index (χ2n) is 5.63. The zero-order chi connectivity index (χ0) is 14.8. The van der Waals surface area contributed by atoms with Gasteiger partial charge in [-0.1, -0.05) is 54.3 Å². The molecule has 0 aromatic heterocycles. The highest BCUT2D eigenvalue weighted by molar-refractivity contribution is 9.10. The molecular formula is C15H19BrN2OS. The molecule has 0 spiro atoms. The van der Waals surface area contributed by atoms with E-state index in [1.54, 1.807) is 0 Å². The molecule has 0 saturated heterocycles. The smallest absolute Gasteiger partial charge is 0.230 e. The average molecular weight is 355 g/mol. The number of rotatable bonds is 3. The first-order valence-corrected chi connectivity index (χ1v) is 8.03. The number of halogens is 1. The van der Waals surface area contributed by atoms with E-state index in [2.05, 4.69) is 21.2 Å². The van der Waals surface area contributed by atoms with Crippen molar-refractivity contribution in [3.63, 3.8) is 0 Å². The van der Waals surface area contributed by atoms with Crippen LogP contribution in [-0.2, 0) is 4.79 Å². The van der Waals surface area contributed by atoms with Crippen molar-refractivity contribution in [1.29, 1.82) is 0 Å². The van der Waals surface area contributed by atoms with E-state index in [1.807, 2.05) is 25.1 Å². The van der Waals surface area contributed by atoms with E-state index >= 15 is 0 Å². The first kappa shape index (κ1) is 15.4. The Balaban J connectivity index is 2.23. The fraction of sp³-hybridized carbons (Fsp3) is 0.467. The van der Waals surface area contributed by atoms with Gasteiger partial charge in [0.05, 0.1) is 5.69 Å². The van der Waals surface area contributed by atoms with Gasteiger partial charge in [0.15, 0.2) is 0 Å². The molecule has 0 atom stereocenters. The quantitative estimate of drug-likeness (QED) is 0.806. The Morgan fingerprint density at radius 3 is 2.60 bits per heavy atom. The Labute approximate surface area is 133 Å². The molecule has 0 radical (unpaired) electrons. The van der Waals surface area contributed by atoms with Gasteiger partial charge in [0.2, 0.25) is 5.91 Å². The summed E-state index contributed by atoms with van der Waals surface area (Å²) >= 11 is 8.45. The standard InChI is InChI=1S/C15H19BrN2OS/c1-15(7-3-2-4-8-15)14(19)18-12-9-10(16)5-6-11(12)13(17)20/h5-6,9H,2-4,7-8H2,1H3,(H2,17,20)(H,18,19). The lowest BCUT2D eigenvalue weighted by Gasteiger charge is -2.32. The number of hydrogen-bond donors (Lipinski definition) is 2. The van der Waals surface area contributed by atoms with Crippen LogP contribution in [0.5, 0.6) is 0 Å². The molecule has 1 aliphatic rings. The van der Waals surface area contributed by atoms with Gasteiger partial charge in [-0.25, -0.2) is 0 Å². The normalized spacial score (nSPS) is 17.5. The Kier molecular flexibility index (Phi) is 4.81. The van der Waals surface area contributed by atoms with Gasteiger partial charge in [-0.2, -0.15) is 0 Å². The van der Waals surface area contributed by atoms with E-state index in [9.17, 15) is 4.79 Å². The predicted molar refractivity (Wildman–Crippen MR) is 89.9 cm³/mol. The Hall–Kier alpha value is -0.940. The lowest BCUT2D eigenvalue weighted by molar-refractivity contribution is -0.126. The van der Waals surface area contributed by atoms with Crippen LogP contribution in [-0.4, -0.2) is 10.9 Å². The van der Waals surface area contributed by atoms with Gasteiger partial charge in [-0.3, -0.25) is 4.79 Å². The number of thiocarbonyl (C=S) groups is 1. The van der Waals surface area contributed by atoms with Crippen molar-refractivity contribution in [2.45, 2.75) is 39.0 Å². The van der Waals surface area contributed by atoms with Crippen molar-refractivity contribution >= 4 is 44.7 Å². The molecule has 20 heavy (non-hydrogen) atoms. The van der Waals surface area contributed by atoms with Crippen LogP contribution in [0.2, 0.25) is 0 Å². The average Bonchev–Trinajstić information content (AvgIpc) is 2.39. The summed E-state index contributed by atoms with van der Waals surface area (Å²) in [5, 5.41) is 3.01. The van der Waals surface area contributed by atoms with Crippen LogP contribution in [0.3, 0.4) is 0 Å². The maximum Gasteiger partial charge on any atom is 0.230 e. The Morgan fingerprint density at radius 1 is 1.35 bits per heavy atom. The number of nitrogens with one attached hydrogen (secondary N) is 1. The minimum Gasteiger partial charge on any atom is -0.389 e. The van der Waals surface area contributed by atoms with Gasteiger partial charge in [-0.05, 0) is 31.0 Å². The molecule has 0 unspecified atom stereocenters. The molecule has 1 saturated carbocycles. The predicted octanol–water partition coefficient (Wildman–Crippen LogP) is 3.99. The van der Waals surface area contributed by atoms with Crippen molar-refractivity contribution in [2.24, 2.45) is 11.1 Å². The Morgan fingerprint density at radius 2 is 2.00 bits per heavy atom. The summed E-state index contributed by atoms with van der Waals surface area (Å²) in [6.07, 6.45) is 5.33. The van der Waals surface area contributed by atoms with Gasteiger partial charge >= 0.3 is 0 Å². The van der Waals surface area contributed by atoms with E-state index in [0.717, 1.165) is 30.2 Å². The lowest BCUT2D eigenvalue weighted by atomic mass is 9.75. The minimum absolute atomic E-state index is 0.0628. The van der Waals surface area contributed by atoms with Crippen molar-refractivity contribution in [2.75, 3.05) is 5.32 Å². The summed E-state index contributed by atoms with van der Waals surface area (Å²) in [7, 11) is 0. The molecule has 3 N–H and O–H groups in total. The molecule has 108 valence electrons. The molecule has 0 bridgehead atoms. The maximum atomic E-state index is 12.6. The minimum atomic E-state index is -0.284. The molecule has 1 amide bonds. The monoisotopic (exact) mass is 354 g/mol. The van der Waals surface area contributed by atoms with Crippen molar-refractivity contribution in [3.05, 3.63) is 28.2 Å². The Bertz CT molecular complexity index is 539. The second-order valence-corrected chi connectivity index (χ2v) is 6.99. The summed E-state index contributed by atoms with van der Waals surface area (Å²) in [4.78, 5) is 12.9. The zero-order valence-electron chi connectivity index (χ0n) is 11.5. The van der Waals surface area contributed by atoms with Crippen LogP contribution in [0.1, 0.15) is 44.6 Å². The van der Waals surface area contributed by atoms with Gasteiger partial charge in [0.1, 0.15) is 4.99 Å². The number of anilines is 1. The molecule has 1 aromatic carbocycles. The topological polar surface area (TPSA) is 55.1 Å². The second kappa shape index (κ2) is 6.22. The summed E-state index contributed by atoms with van der Waals surface area (Å²) in [6.45, 7) is 2.04. The molecule has 0 aliphatic heterocycles. The molecule has 2 rings (SSSR count). The first-order valence-electron chi connectivity index (χ1n) is 6.83. The summed E-state index contributed by atoms with van der Waals surface area (Å²) in [6, 6.07) is 5.54. The summed E-state index contributed by atoms with van der Waals surface area (Å²) < 4.78 is 0.890. The number of hydrogen-bond acceptors (Lipinski definition) is 2. The summed E-state index contributed by atoms with van der Waals surface area (Å²) in [5.74, 6) is 0.0628. The highest BCUT2D eigenvalue weighted by Gasteiger charge is 2.34. The van der Waals surface area contributed by atoms with E-state index in [4.69, 9.17) is 18.0 Å². The number of benzene rings is 1. The fourth-order valence-corrected chi connectivity index (χ4v) is 3.21. The van der Waals surface area contributed by atoms with Gasteiger partial charge in [0, 0.05) is 15.5 Å². The molecule has 3 nitrogen and oxygen atoms in total. The van der Waals surface area contributed by atoms with Crippen LogP contribution < -0.4 is 11.1 Å². The zero-order valence-corrected chi connectivity index (χ0v) is 13.9. The largest absolute Gasteiger partial charge is 0.389 e. The molecule has 5 heteroatoms. The van der Waals surface area contributed by atoms with Crippen LogP contribution >= 0.6 is 28.1 Å². The third-order valence-electron chi connectivity index (χ3n) is 4.00. The lowest BCUT2D eigenvalue weighted by Crippen LogP contribution is -2.35. The van der Waals surface area contributed by atoms with Gasteiger partial charge < -0.3 is 11.1 Å². The first-order chi connectivity index (χ1) is 9.42. The third-order valence-corrected chi connectivity index (χ3v) is 4.71. The van der Waals surface area contributed by atoms with Crippen LogP contribution in [0.4, 0.5) is 5.69 Å². The van der Waals surface area contributed by atoms with E-state index in [0.29, 0.717) is 16.2 Å². The summed E-state index contributed by atoms with van der Waals surface area (Å²) in [5.41, 5.74) is 6.82. The molecule has 1 fully saturated rings. The highest BCUT2D eigenvalue weighted by Crippen LogP contribution is 2.37. The van der Waals surface area contributed by atoms with Gasteiger partial charge in [-0.15, -0.1) is 0 Å². The SMILES string of the molecule is CC1(C(=O)Nc2cc(Br)ccc2C(N)=S)CCCCC1. The van der Waals surface area contributed by atoms with Crippen LogP contribution in [0.15, 0.2) is 22.7 Å². The number of amides is 1. The number of nitrogens with two attached hydrogens (primary N) is 1. The van der Waals surface area contributed by atoms with Crippen molar-refractivity contribution in [1.82, 2.24) is 0 Å². The van der Waals surface area contributed by atoms with Crippen molar-refractivity contribution < 1.29 is 4.79 Å². The molecule has 0 heterocycles. The van der Waals surface area contributed by atoms with E-state index in [-0.39, 0.29) is 11.3 Å². The molecule has 1 aromatic rings. The molecule has 1 aliphatic carbocycles. The van der Waals surface area contributed by atoms with Gasteiger partial charge in [0.25, 0.3) is 0 Å².